The monoisotopic (exact) mass is 465 g/mol. The lowest BCUT2D eigenvalue weighted by atomic mass is 10.2. The van der Waals surface area contributed by atoms with E-state index in [0.717, 1.165) is 10.6 Å². The molecule has 0 aliphatic heterocycles. The Hall–Kier alpha value is -3.76. The van der Waals surface area contributed by atoms with Gasteiger partial charge in [0.1, 0.15) is 5.75 Å². The first-order valence-electron chi connectivity index (χ1n) is 9.54. The van der Waals surface area contributed by atoms with Crippen LogP contribution in [0.2, 0.25) is 0 Å². The summed E-state index contributed by atoms with van der Waals surface area (Å²) in [4.78, 5) is 34.6. The molecule has 162 valence electrons. The van der Waals surface area contributed by atoms with E-state index in [1.807, 2.05) is 30.5 Å². The third-order valence-electron chi connectivity index (χ3n) is 4.36. The highest BCUT2D eigenvalue weighted by molar-refractivity contribution is 7.20. The first-order chi connectivity index (χ1) is 15.5. The topological polar surface area (TPSA) is 105 Å². The number of nitrogens with zero attached hydrogens (tertiary/aromatic N) is 2. The number of hydrogen-bond donors (Lipinski definition) is 3. The highest BCUT2D eigenvalue weighted by Gasteiger charge is 2.17. The van der Waals surface area contributed by atoms with E-state index in [4.69, 9.17) is 4.74 Å². The fourth-order valence-corrected chi connectivity index (χ4v) is 4.59. The van der Waals surface area contributed by atoms with Crippen molar-refractivity contribution in [3.8, 4) is 16.3 Å². The van der Waals surface area contributed by atoms with Crippen molar-refractivity contribution in [2.24, 2.45) is 0 Å². The van der Waals surface area contributed by atoms with Crippen molar-refractivity contribution in [2.75, 3.05) is 23.1 Å². The van der Waals surface area contributed by atoms with Crippen molar-refractivity contribution >= 4 is 50.6 Å². The first-order valence-corrected chi connectivity index (χ1v) is 11.2. The zero-order valence-corrected chi connectivity index (χ0v) is 18.8. The number of urea groups is 1. The van der Waals surface area contributed by atoms with Gasteiger partial charge in [0.15, 0.2) is 10.3 Å². The van der Waals surface area contributed by atoms with Gasteiger partial charge < -0.3 is 10.1 Å². The molecule has 4 rings (SSSR count). The summed E-state index contributed by atoms with van der Waals surface area (Å²) in [6.07, 6.45) is 0. The second-order valence-corrected chi connectivity index (χ2v) is 8.43. The fraction of sp³-hybridized carbons (Fsp3) is 0.0909. The van der Waals surface area contributed by atoms with Crippen LogP contribution in [0.15, 0.2) is 60.0 Å². The molecular weight excluding hydrogens is 446 g/mol. The van der Waals surface area contributed by atoms with Crippen LogP contribution in [0.5, 0.6) is 5.75 Å². The van der Waals surface area contributed by atoms with E-state index < -0.39 is 0 Å². The smallest absolute Gasteiger partial charge is 0.325 e. The highest BCUT2D eigenvalue weighted by atomic mass is 32.1. The Morgan fingerprint density at radius 3 is 2.44 bits per heavy atom. The third-order valence-corrected chi connectivity index (χ3v) is 6.21. The summed E-state index contributed by atoms with van der Waals surface area (Å²) in [6, 6.07) is 15.8. The van der Waals surface area contributed by atoms with E-state index in [1.54, 1.807) is 36.4 Å². The molecule has 2 heterocycles. The van der Waals surface area contributed by atoms with Crippen LogP contribution >= 0.6 is 22.7 Å². The molecule has 0 saturated carbocycles. The van der Waals surface area contributed by atoms with Crippen LogP contribution in [0.25, 0.3) is 10.6 Å². The zero-order valence-electron chi connectivity index (χ0n) is 17.2. The van der Waals surface area contributed by atoms with Gasteiger partial charge in [0.05, 0.1) is 28.9 Å². The lowest BCUT2D eigenvalue weighted by Crippen LogP contribution is -2.19. The number of thiazole rings is 2. The maximum absolute atomic E-state index is 12.6. The minimum atomic E-state index is -0.372. The van der Waals surface area contributed by atoms with E-state index in [0.29, 0.717) is 33.0 Å². The SMILES string of the molecule is COc1ccccc1C(=O)Nc1nc(C)c(-c2csc(NC(=O)Nc3ccccc3)n2)s1. The van der Waals surface area contributed by atoms with Crippen molar-refractivity contribution in [1.82, 2.24) is 9.97 Å². The van der Waals surface area contributed by atoms with Crippen LogP contribution in [0.4, 0.5) is 20.7 Å². The minimum absolute atomic E-state index is 0.305. The molecule has 8 nitrogen and oxygen atoms in total. The molecule has 0 saturated heterocycles. The van der Waals surface area contributed by atoms with E-state index in [9.17, 15) is 9.59 Å². The molecule has 0 bridgehead atoms. The Morgan fingerprint density at radius 2 is 1.66 bits per heavy atom. The molecular formula is C22H19N5O3S2. The largest absolute Gasteiger partial charge is 0.496 e. The van der Waals surface area contributed by atoms with Crippen molar-refractivity contribution in [2.45, 2.75) is 6.92 Å². The van der Waals surface area contributed by atoms with Crippen molar-refractivity contribution in [3.63, 3.8) is 0 Å². The van der Waals surface area contributed by atoms with E-state index in [2.05, 4.69) is 25.9 Å². The number of para-hydroxylation sites is 2. The molecule has 0 radical (unpaired) electrons. The summed E-state index contributed by atoms with van der Waals surface area (Å²) in [7, 11) is 1.52. The number of hydrogen-bond acceptors (Lipinski definition) is 7. The maximum atomic E-state index is 12.6. The predicted octanol–water partition coefficient (Wildman–Crippen LogP) is 5.48. The van der Waals surface area contributed by atoms with Gasteiger partial charge in [-0.25, -0.2) is 14.8 Å². The quantitative estimate of drug-likeness (QED) is 0.350. The van der Waals surface area contributed by atoms with Crippen molar-refractivity contribution < 1.29 is 14.3 Å². The Labute approximate surface area is 192 Å². The van der Waals surface area contributed by atoms with Crippen molar-refractivity contribution in [1.29, 1.82) is 0 Å². The molecule has 0 spiro atoms. The average Bonchev–Trinajstić information content (AvgIpc) is 3.40. The molecule has 0 aliphatic carbocycles. The summed E-state index contributed by atoms with van der Waals surface area (Å²) in [5, 5.41) is 11.0. The number of ether oxygens (including phenoxy) is 1. The van der Waals surface area contributed by atoms with Gasteiger partial charge in [-0.3, -0.25) is 15.4 Å². The summed E-state index contributed by atoms with van der Waals surface area (Å²) < 4.78 is 5.25. The van der Waals surface area contributed by atoms with Gasteiger partial charge in [-0.1, -0.05) is 41.7 Å². The molecule has 3 N–H and O–H groups in total. The van der Waals surface area contributed by atoms with Gasteiger partial charge in [0.2, 0.25) is 0 Å². The van der Waals surface area contributed by atoms with Gasteiger partial charge in [0.25, 0.3) is 5.91 Å². The number of aryl methyl sites for hydroxylation is 1. The lowest BCUT2D eigenvalue weighted by Gasteiger charge is -2.06. The van der Waals surface area contributed by atoms with Crippen LogP contribution in [-0.2, 0) is 0 Å². The third kappa shape index (κ3) is 4.93. The molecule has 0 atom stereocenters. The summed E-state index contributed by atoms with van der Waals surface area (Å²) in [6.45, 7) is 1.85. The van der Waals surface area contributed by atoms with Gasteiger partial charge >= 0.3 is 6.03 Å². The molecule has 2 aromatic carbocycles. The molecule has 0 unspecified atom stereocenters. The Bertz CT molecular complexity index is 1250. The minimum Gasteiger partial charge on any atom is -0.496 e. The first kappa shape index (κ1) is 21.5. The normalized spacial score (nSPS) is 10.4. The van der Waals surface area contributed by atoms with E-state index in [-0.39, 0.29) is 11.9 Å². The van der Waals surface area contributed by atoms with Crippen LogP contribution in [0, 0.1) is 6.92 Å². The van der Waals surface area contributed by atoms with Crippen LogP contribution in [0.1, 0.15) is 16.1 Å². The standard InChI is InChI=1S/C22H19N5O3S2/c1-13-18(32-22(23-13)26-19(28)15-10-6-7-11-17(15)30-2)16-12-31-21(25-16)27-20(29)24-14-8-4-3-5-9-14/h3-12H,1-2H3,(H,23,26,28)(H2,24,25,27,29). The number of nitrogens with one attached hydrogen (secondary N) is 3. The van der Waals surface area contributed by atoms with E-state index in [1.165, 1.54) is 29.8 Å². The van der Waals surface area contributed by atoms with E-state index >= 15 is 0 Å². The number of carbonyl (C=O) groups is 2. The number of amides is 3. The summed E-state index contributed by atoms with van der Waals surface area (Å²) >= 11 is 2.62. The van der Waals surface area contributed by atoms with Gasteiger partial charge in [-0.15, -0.1) is 11.3 Å². The molecule has 4 aromatic rings. The Kier molecular flexibility index (Phi) is 6.43. The van der Waals surface area contributed by atoms with Gasteiger partial charge in [0, 0.05) is 11.1 Å². The number of benzene rings is 2. The highest BCUT2D eigenvalue weighted by Crippen LogP contribution is 2.35. The van der Waals surface area contributed by atoms with Crippen LogP contribution < -0.4 is 20.7 Å². The van der Waals surface area contributed by atoms with Crippen molar-refractivity contribution in [3.05, 3.63) is 71.2 Å². The number of rotatable bonds is 6. The fourth-order valence-electron chi connectivity index (χ4n) is 2.90. The van der Waals surface area contributed by atoms with Crippen LogP contribution in [0.3, 0.4) is 0 Å². The maximum Gasteiger partial charge on any atom is 0.325 e. The molecule has 3 amide bonds. The zero-order chi connectivity index (χ0) is 22.5. The second-order valence-electron chi connectivity index (χ2n) is 6.57. The number of carbonyl (C=O) groups excluding carboxylic acids is 2. The van der Waals surface area contributed by atoms with Gasteiger partial charge in [-0.05, 0) is 31.2 Å². The molecule has 10 heteroatoms. The summed E-state index contributed by atoms with van der Waals surface area (Å²) in [5.74, 6) is 0.184. The molecule has 0 aliphatic rings. The van der Waals surface area contributed by atoms with Crippen LogP contribution in [-0.4, -0.2) is 29.0 Å². The molecule has 2 aromatic heterocycles. The predicted molar refractivity (Wildman–Crippen MR) is 128 cm³/mol. The number of methoxy groups -OCH3 is 1. The van der Waals surface area contributed by atoms with Gasteiger partial charge in [-0.2, -0.15) is 0 Å². The Morgan fingerprint density at radius 1 is 0.906 bits per heavy atom. The Balaban J connectivity index is 1.44. The number of aromatic nitrogens is 2. The molecule has 32 heavy (non-hydrogen) atoms. The number of anilines is 3. The summed E-state index contributed by atoms with van der Waals surface area (Å²) in [5.41, 5.74) is 2.53. The second kappa shape index (κ2) is 9.58. The lowest BCUT2D eigenvalue weighted by molar-refractivity contribution is 0.102. The molecule has 0 fully saturated rings. The average molecular weight is 466 g/mol.